The SMILES string of the molecule is COC(=O)NC/C=C\c1nc(C(=O)Nc2cccc3c2ccn3Cc2ccc(C)cc2)co1. The molecule has 4 aromatic rings. The lowest BCUT2D eigenvalue weighted by atomic mass is 10.1. The van der Waals surface area contributed by atoms with Gasteiger partial charge in [-0.15, -0.1) is 0 Å². The molecule has 0 bridgehead atoms. The fourth-order valence-corrected chi connectivity index (χ4v) is 3.39. The zero-order valence-electron chi connectivity index (χ0n) is 18.4. The average molecular weight is 444 g/mol. The minimum Gasteiger partial charge on any atom is -0.453 e. The van der Waals surface area contributed by atoms with Gasteiger partial charge in [-0.3, -0.25) is 4.79 Å². The van der Waals surface area contributed by atoms with Crippen molar-refractivity contribution in [2.45, 2.75) is 13.5 Å². The van der Waals surface area contributed by atoms with Gasteiger partial charge in [0.1, 0.15) is 6.26 Å². The van der Waals surface area contributed by atoms with E-state index in [0.29, 0.717) is 5.69 Å². The molecule has 0 saturated heterocycles. The van der Waals surface area contributed by atoms with Crippen molar-refractivity contribution in [2.24, 2.45) is 0 Å². The van der Waals surface area contributed by atoms with Crippen molar-refractivity contribution < 1.29 is 18.7 Å². The first-order valence-electron chi connectivity index (χ1n) is 10.4. The molecular formula is C25H24N4O4. The molecule has 168 valence electrons. The van der Waals surface area contributed by atoms with Crippen LogP contribution in [0.2, 0.25) is 0 Å². The van der Waals surface area contributed by atoms with E-state index in [-0.39, 0.29) is 24.0 Å². The predicted molar refractivity (Wildman–Crippen MR) is 126 cm³/mol. The highest BCUT2D eigenvalue weighted by atomic mass is 16.5. The molecule has 2 heterocycles. The van der Waals surface area contributed by atoms with Crippen LogP contribution < -0.4 is 10.6 Å². The number of oxazole rings is 1. The Labute approximate surface area is 190 Å². The van der Waals surface area contributed by atoms with Crippen molar-refractivity contribution in [3.05, 3.63) is 89.8 Å². The van der Waals surface area contributed by atoms with Crippen molar-refractivity contribution in [1.82, 2.24) is 14.9 Å². The Hall–Kier alpha value is -4.33. The Balaban J connectivity index is 1.45. The van der Waals surface area contributed by atoms with Gasteiger partial charge in [-0.1, -0.05) is 42.0 Å². The standard InChI is InChI=1S/C25H24N4O4/c1-17-8-10-18(11-9-17)15-29-14-12-19-20(5-3-6-22(19)29)28-24(30)21-16-33-23(27-21)7-4-13-26-25(31)32-2/h3-12,14,16H,13,15H2,1-2H3,(H,26,31)(H,28,30)/b7-4-. The molecular weight excluding hydrogens is 420 g/mol. The van der Waals surface area contributed by atoms with Crippen LogP contribution in [0.1, 0.15) is 27.5 Å². The van der Waals surface area contributed by atoms with Crippen LogP contribution in [0.25, 0.3) is 17.0 Å². The fourth-order valence-electron chi connectivity index (χ4n) is 3.39. The highest BCUT2D eigenvalue weighted by Gasteiger charge is 2.14. The number of amides is 2. The third-order valence-electron chi connectivity index (χ3n) is 5.10. The summed E-state index contributed by atoms with van der Waals surface area (Å²) in [5.41, 5.74) is 4.31. The van der Waals surface area contributed by atoms with Crippen LogP contribution in [0.15, 0.2) is 71.5 Å². The lowest BCUT2D eigenvalue weighted by molar-refractivity contribution is 0.102. The average Bonchev–Trinajstić information content (AvgIpc) is 3.46. The fraction of sp³-hybridized carbons (Fsp3) is 0.160. The van der Waals surface area contributed by atoms with E-state index in [1.807, 2.05) is 30.5 Å². The molecule has 0 atom stereocenters. The summed E-state index contributed by atoms with van der Waals surface area (Å²) in [4.78, 5) is 27.9. The van der Waals surface area contributed by atoms with Gasteiger partial charge in [0.15, 0.2) is 5.69 Å². The maximum atomic E-state index is 12.7. The van der Waals surface area contributed by atoms with Gasteiger partial charge in [0.2, 0.25) is 5.89 Å². The van der Waals surface area contributed by atoms with Crippen LogP contribution in [0.4, 0.5) is 10.5 Å². The van der Waals surface area contributed by atoms with Crippen molar-refractivity contribution >= 4 is 34.7 Å². The summed E-state index contributed by atoms with van der Waals surface area (Å²) < 4.78 is 11.9. The Morgan fingerprint density at radius 1 is 1.15 bits per heavy atom. The topological polar surface area (TPSA) is 98.4 Å². The second kappa shape index (κ2) is 9.86. The number of rotatable bonds is 7. The number of methoxy groups -OCH3 is 1. The van der Waals surface area contributed by atoms with E-state index in [9.17, 15) is 9.59 Å². The molecule has 2 aromatic heterocycles. The number of nitrogens with zero attached hydrogens (tertiary/aromatic N) is 2. The molecule has 8 heteroatoms. The number of nitrogens with one attached hydrogen (secondary N) is 2. The van der Waals surface area contributed by atoms with Crippen molar-refractivity contribution in [3.63, 3.8) is 0 Å². The summed E-state index contributed by atoms with van der Waals surface area (Å²) >= 11 is 0. The molecule has 0 aliphatic heterocycles. The molecule has 2 N–H and O–H groups in total. The molecule has 2 aromatic carbocycles. The Bertz CT molecular complexity index is 1300. The third kappa shape index (κ3) is 5.30. The number of fused-ring (bicyclic) bond motifs is 1. The van der Waals surface area contributed by atoms with E-state index in [0.717, 1.165) is 17.4 Å². The van der Waals surface area contributed by atoms with Crippen LogP contribution in [0, 0.1) is 6.92 Å². The zero-order chi connectivity index (χ0) is 23.2. The summed E-state index contributed by atoms with van der Waals surface area (Å²) in [6.45, 7) is 3.06. The first-order valence-corrected chi connectivity index (χ1v) is 10.4. The van der Waals surface area contributed by atoms with Crippen LogP contribution in [0.5, 0.6) is 0 Å². The number of aryl methyl sites for hydroxylation is 1. The maximum absolute atomic E-state index is 12.7. The molecule has 2 amide bonds. The van der Waals surface area contributed by atoms with Crippen LogP contribution in [0.3, 0.4) is 0 Å². The number of carbonyl (C=O) groups excluding carboxylic acids is 2. The normalized spacial score (nSPS) is 11.1. The molecule has 0 radical (unpaired) electrons. The summed E-state index contributed by atoms with van der Waals surface area (Å²) in [5.74, 6) is -0.112. The molecule has 0 unspecified atom stereocenters. The maximum Gasteiger partial charge on any atom is 0.407 e. The van der Waals surface area contributed by atoms with Crippen LogP contribution in [-0.2, 0) is 11.3 Å². The Kier molecular flexibility index (Phi) is 6.54. The van der Waals surface area contributed by atoms with Crippen LogP contribution in [-0.4, -0.2) is 35.2 Å². The van der Waals surface area contributed by atoms with E-state index in [1.54, 1.807) is 12.2 Å². The number of benzene rings is 2. The van der Waals surface area contributed by atoms with Gasteiger partial charge in [-0.25, -0.2) is 9.78 Å². The summed E-state index contributed by atoms with van der Waals surface area (Å²) in [7, 11) is 1.29. The van der Waals surface area contributed by atoms with E-state index >= 15 is 0 Å². The van der Waals surface area contributed by atoms with Gasteiger partial charge in [-0.2, -0.15) is 0 Å². The van der Waals surface area contributed by atoms with E-state index < -0.39 is 6.09 Å². The molecule has 0 aliphatic carbocycles. The van der Waals surface area contributed by atoms with Gasteiger partial charge in [0.25, 0.3) is 5.91 Å². The second-order valence-corrected chi connectivity index (χ2v) is 7.47. The number of alkyl carbamates (subject to hydrolysis) is 1. The number of hydrogen-bond acceptors (Lipinski definition) is 5. The third-order valence-corrected chi connectivity index (χ3v) is 5.10. The highest BCUT2D eigenvalue weighted by molar-refractivity contribution is 6.07. The van der Waals surface area contributed by atoms with Gasteiger partial charge < -0.3 is 24.4 Å². The first kappa shape index (κ1) is 21.9. The Morgan fingerprint density at radius 3 is 2.76 bits per heavy atom. The van der Waals surface area contributed by atoms with Gasteiger partial charge >= 0.3 is 6.09 Å². The minimum absolute atomic E-state index is 0.159. The quantitative estimate of drug-likeness (QED) is 0.434. The van der Waals surface area contributed by atoms with Crippen molar-refractivity contribution in [2.75, 3.05) is 19.0 Å². The molecule has 0 aliphatic rings. The largest absolute Gasteiger partial charge is 0.453 e. The van der Waals surface area contributed by atoms with Crippen LogP contribution >= 0.6 is 0 Å². The number of aromatic nitrogens is 2. The van der Waals surface area contributed by atoms with Gasteiger partial charge in [0.05, 0.1) is 18.3 Å². The predicted octanol–water partition coefficient (Wildman–Crippen LogP) is 4.61. The van der Waals surface area contributed by atoms with Gasteiger partial charge in [-0.05, 0) is 36.8 Å². The number of hydrogen-bond donors (Lipinski definition) is 2. The summed E-state index contributed by atoms with van der Waals surface area (Å²) in [6, 6.07) is 16.2. The highest BCUT2D eigenvalue weighted by Crippen LogP contribution is 2.26. The lowest BCUT2D eigenvalue weighted by Crippen LogP contribution is -2.22. The van der Waals surface area contributed by atoms with Gasteiger partial charge in [0, 0.05) is 24.7 Å². The molecule has 8 nitrogen and oxygen atoms in total. The molecule has 0 fully saturated rings. The summed E-state index contributed by atoms with van der Waals surface area (Å²) in [6.07, 6.45) is 5.99. The molecule has 0 saturated carbocycles. The zero-order valence-corrected chi connectivity index (χ0v) is 18.4. The lowest BCUT2D eigenvalue weighted by Gasteiger charge is -2.08. The van der Waals surface area contributed by atoms with E-state index in [1.165, 1.54) is 24.5 Å². The van der Waals surface area contributed by atoms with Crippen molar-refractivity contribution in [3.8, 4) is 0 Å². The van der Waals surface area contributed by atoms with E-state index in [4.69, 9.17) is 4.42 Å². The molecule has 4 rings (SSSR count). The smallest absolute Gasteiger partial charge is 0.407 e. The number of carbonyl (C=O) groups is 2. The number of anilines is 1. The second-order valence-electron chi connectivity index (χ2n) is 7.47. The Morgan fingerprint density at radius 2 is 1.97 bits per heavy atom. The molecule has 33 heavy (non-hydrogen) atoms. The minimum atomic E-state index is -0.533. The number of ether oxygens (including phenoxy) is 1. The monoisotopic (exact) mass is 444 g/mol. The first-order chi connectivity index (χ1) is 16.0. The summed E-state index contributed by atoms with van der Waals surface area (Å²) in [5, 5.41) is 6.36. The van der Waals surface area contributed by atoms with Crippen molar-refractivity contribution in [1.29, 1.82) is 0 Å². The molecule has 0 spiro atoms. The van der Waals surface area contributed by atoms with E-state index in [2.05, 4.69) is 56.1 Å².